The van der Waals surface area contributed by atoms with Crippen molar-refractivity contribution < 1.29 is 14.2 Å². The van der Waals surface area contributed by atoms with Gasteiger partial charge in [-0.3, -0.25) is 4.90 Å². The molecule has 2 aliphatic rings. The summed E-state index contributed by atoms with van der Waals surface area (Å²) >= 11 is 0. The quantitative estimate of drug-likeness (QED) is 0.288. The molecule has 0 bridgehead atoms. The molecule has 1 aliphatic carbocycles. The summed E-state index contributed by atoms with van der Waals surface area (Å²) in [4.78, 5) is 2.45. The first kappa shape index (κ1) is 23.7. The van der Waals surface area contributed by atoms with Gasteiger partial charge in [-0.1, -0.05) is 26.0 Å². The van der Waals surface area contributed by atoms with Gasteiger partial charge < -0.3 is 10.4 Å². The molecule has 5 rings (SSSR count). The SMILES string of the molecule is CCN(CC)C1C=CC2Nc3ccc(N=Nc4ccc(O)cc4)cc3[N+](=CCn3cc[n+](C)c3)C2=C1. The van der Waals surface area contributed by atoms with E-state index in [4.69, 9.17) is 0 Å². The van der Waals surface area contributed by atoms with Gasteiger partial charge in [0, 0.05) is 12.1 Å². The predicted molar refractivity (Wildman–Crippen MR) is 142 cm³/mol. The maximum absolute atomic E-state index is 9.51. The second-order valence-corrected chi connectivity index (χ2v) is 9.06. The maximum Gasteiger partial charge on any atom is 0.244 e. The Labute approximate surface area is 211 Å². The van der Waals surface area contributed by atoms with E-state index in [-0.39, 0.29) is 17.8 Å². The first-order valence-electron chi connectivity index (χ1n) is 12.4. The van der Waals surface area contributed by atoms with Crippen LogP contribution >= 0.6 is 0 Å². The number of phenols is 1. The molecule has 3 aromatic rings. The molecule has 0 radical (unpaired) electrons. The Hall–Kier alpha value is -4.04. The number of phenolic OH excluding ortho intramolecular Hbond substituents is 1. The molecule has 8 nitrogen and oxygen atoms in total. The molecule has 8 heteroatoms. The number of nitrogens with zero attached hydrogens (tertiary/aromatic N) is 6. The highest BCUT2D eigenvalue weighted by molar-refractivity contribution is 5.72. The van der Waals surface area contributed by atoms with E-state index in [0.29, 0.717) is 5.69 Å². The van der Waals surface area contributed by atoms with Crippen molar-refractivity contribution in [3.63, 3.8) is 0 Å². The fraction of sp³-hybridized carbons (Fsp3) is 0.286. The van der Waals surface area contributed by atoms with Crippen molar-refractivity contribution in [3.05, 3.63) is 85.1 Å². The Morgan fingerprint density at radius 3 is 2.53 bits per heavy atom. The molecule has 0 spiro atoms. The molecule has 0 amide bonds. The highest BCUT2D eigenvalue weighted by Gasteiger charge is 2.36. The van der Waals surface area contributed by atoms with E-state index in [1.807, 2.05) is 23.9 Å². The zero-order valence-corrected chi connectivity index (χ0v) is 21.0. The molecule has 184 valence electrons. The van der Waals surface area contributed by atoms with E-state index in [2.05, 4.69) is 92.5 Å². The van der Waals surface area contributed by atoms with Crippen LogP contribution in [0.1, 0.15) is 13.8 Å². The van der Waals surface area contributed by atoms with Crippen LogP contribution in [-0.2, 0) is 13.6 Å². The summed E-state index contributed by atoms with van der Waals surface area (Å²) in [6.45, 7) is 7.14. The van der Waals surface area contributed by atoms with Gasteiger partial charge in [0.05, 0.1) is 24.5 Å². The van der Waals surface area contributed by atoms with Gasteiger partial charge in [-0.25, -0.2) is 9.13 Å². The second-order valence-electron chi connectivity index (χ2n) is 9.06. The topological polar surface area (TPSA) is 72.0 Å². The van der Waals surface area contributed by atoms with Crippen LogP contribution in [0.25, 0.3) is 0 Å². The molecule has 2 heterocycles. The molecular weight excluding hydrogens is 450 g/mol. The van der Waals surface area contributed by atoms with E-state index in [0.717, 1.165) is 36.7 Å². The Balaban J connectivity index is 1.53. The Bertz CT molecular complexity index is 1350. The minimum Gasteiger partial charge on any atom is -0.508 e. The summed E-state index contributed by atoms with van der Waals surface area (Å²) in [6.07, 6.45) is 15.4. The maximum atomic E-state index is 9.51. The molecule has 36 heavy (non-hydrogen) atoms. The van der Waals surface area contributed by atoms with Gasteiger partial charge in [-0.15, -0.1) is 0 Å². The van der Waals surface area contributed by atoms with Gasteiger partial charge >= 0.3 is 0 Å². The summed E-state index contributed by atoms with van der Waals surface area (Å²) < 4.78 is 6.51. The standard InChI is InChI=1S/C28H32N7O/c1-4-34(5-2)23-9-13-26-28(19-23)35(17-16-33-15-14-32(3)20-33)27-18-22(8-12-25(27)29-26)31-30-21-6-10-24(36)11-7-21/h6-15,17-20,23,26H,4-5,16H2,1-3H3,(H-,29,30,31,36)/q+1/p+1. The number of nitrogens with one attached hydrogen (secondary N) is 1. The Morgan fingerprint density at radius 1 is 1.06 bits per heavy atom. The summed E-state index contributed by atoms with van der Waals surface area (Å²) in [5.41, 5.74) is 4.77. The third kappa shape index (κ3) is 4.99. The van der Waals surface area contributed by atoms with Crippen molar-refractivity contribution in [1.82, 2.24) is 9.47 Å². The first-order valence-corrected chi connectivity index (χ1v) is 12.4. The molecule has 2 aromatic carbocycles. The second kappa shape index (κ2) is 10.3. The predicted octanol–water partition coefficient (Wildman–Crippen LogP) is 4.81. The van der Waals surface area contributed by atoms with Gasteiger partial charge in [0.15, 0.2) is 12.8 Å². The molecule has 0 saturated carbocycles. The van der Waals surface area contributed by atoms with E-state index < -0.39 is 0 Å². The number of azo groups is 1. The monoisotopic (exact) mass is 483 g/mol. The molecule has 1 aliphatic heterocycles. The molecule has 2 N–H and O–H groups in total. The Kier molecular flexibility index (Phi) is 6.77. The van der Waals surface area contributed by atoms with E-state index in [1.165, 1.54) is 5.70 Å². The molecule has 0 saturated heterocycles. The number of rotatable bonds is 7. The van der Waals surface area contributed by atoms with Gasteiger partial charge in [0.25, 0.3) is 0 Å². The number of aryl methyl sites for hydroxylation is 1. The number of imidazole rings is 1. The highest BCUT2D eigenvalue weighted by atomic mass is 16.3. The number of aromatic nitrogens is 2. The van der Waals surface area contributed by atoms with Crippen LogP contribution in [-0.4, -0.2) is 50.5 Å². The van der Waals surface area contributed by atoms with Crippen molar-refractivity contribution in [2.75, 3.05) is 18.4 Å². The van der Waals surface area contributed by atoms with Gasteiger partial charge in [-0.2, -0.15) is 14.8 Å². The number of hydrogen-bond acceptors (Lipinski definition) is 5. The summed E-state index contributed by atoms with van der Waals surface area (Å²) in [5, 5.41) is 22.0. The average molecular weight is 484 g/mol. The van der Waals surface area contributed by atoms with Gasteiger partial charge in [0.1, 0.15) is 29.9 Å². The third-order valence-electron chi connectivity index (χ3n) is 6.65. The minimum absolute atomic E-state index is 0.103. The number of hydrogen-bond donors (Lipinski definition) is 2. The van der Waals surface area contributed by atoms with E-state index in [9.17, 15) is 5.11 Å². The van der Waals surface area contributed by atoms with E-state index >= 15 is 0 Å². The van der Waals surface area contributed by atoms with Crippen LogP contribution in [0.15, 0.2) is 95.3 Å². The number of aromatic hydroxyl groups is 1. The van der Waals surface area contributed by atoms with Crippen molar-refractivity contribution >= 4 is 29.0 Å². The molecule has 2 atom stereocenters. The zero-order chi connectivity index (χ0) is 25.1. The number of fused-ring (bicyclic) bond motifs is 2. The summed E-state index contributed by atoms with van der Waals surface area (Å²) in [5.74, 6) is 0.212. The molecule has 0 fully saturated rings. The normalized spacial score (nSPS) is 19.9. The molecular formula is C28H33N7O+2. The highest BCUT2D eigenvalue weighted by Crippen LogP contribution is 2.39. The van der Waals surface area contributed by atoms with Crippen molar-refractivity contribution in [2.24, 2.45) is 17.3 Å². The number of benzene rings is 2. The summed E-state index contributed by atoms with van der Waals surface area (Å²) in [7, 11) is 2.03. The first-order chi connectivity index (χ1) is 17.5. The fourth-order valence-electron chi connectivity index (χ4n) is 4.72. The van der Waals surface area contributed by atoms with E-state index in [1.54, 1.807) is 24.3 Å². The lowest BCUT2D eigenvalue weighted by molar-refractivity contribution is -0.671. The third-order valence-corrected chi connectivity index (χ3v) is 6.65. The van der Waals surface area contributed by atoms with Crippen LogP contribution in [0.2, 0.25) is 0 Å². The molecule has 2 unspecified atom stereocenters. The van der Waals surface area contributed by atoms with Crippen molar-refractivity contribution in [3.8, 4) is 5.75 Å². The smallest absolute Gasteiger partial charge is 0.244 e. The average Bonchev–Trinajstić information content (AvgIpc) is 3.32. The zero-order valence-electron chi connectivity index (χ0n) is 21.0. The van der Waals surface area contributed by atoms with Crippen LogP contribution in [0.4, 0.5) is 22.7 Å². The van der Waals surface area contributed by atoms with Crippen LogP contribution in [0, 0.1) is 0 Å². The fourth-order valence-corrected chi connectivity index (χ4v) is 4.72. The van der Waals surface area contributed by atoms with Crippen molar-refractivity contribution in [2.45, 2.75) is 32.5 Å². The lowest BCUT2D eigenvalue weighted by atomic mass is 9.98. The van der Waals surface area contributed by atoms with Crippen LogP contribution in [0.3, 0.4) is 0 Å². The van der Waals surface area contributed by atoms with Crippen LogP contribution in [0.5, 0.6) is 5.75 Å². The lowest BCUT2D eigenvalue weighted by Crippen LogP contribution is -2.39. The Morgan fingerprint density at radius 2 is 1.81 bits per heavy atom. The summed E-state index contributed by atoms with van der Waals surface area (Å²) in [6, 6.07) is 13.2. The molecule has 1 aromatic heterocycles. The number of anilines is 1. The number of likely N-dealkylation sites (N-methyl/N-ethyl adjacent to an activating group) is 1. The lowest BCUT2D eigenvalue weighted by Gasteiger charge is -2.31. The van der Waals surface area contributed by atoms with Crippen LogP contribution < -0.4 is 9.88 Å². The van der Waals surface area contributed by atoms with Crippen molar-refractivity contribution in [1.29, 1.82) is 0 Å². The van der Waals surface area contributed by atoms with Gasteiger partial charge in [0.2, 0.25) is 17.7 Å². The largest absolute Gasteiger partial charge is 0.508 e. The minimum atomic E-state index is 0.103. The van der Waals surface area contributed by atoms with Gasteiger partial charge in [-0.05, 0) is 49.5 Å².